The molecule has 0 saturated carbocycles. The Morgan fingerprint density at radius 2 is 2.09 bits per heavy atom. The second-order valence-corrected chi connectivity index (χ2v) is 5.13. The highest BCUT2D eigenvalue weighted by Crippen LogP contribution is 2.30. The van der Waals surface area contributed by atoms with E-state index in [0.29, 0.717) is 5.69 Å². The first-order chi connectivity index (χ1) is 11.0. The maximum absolute atomic E-state index is 10.9. The standard InChI is InChI=1S/C12H14N4O7/c17-4-8-12(19)7(18)3-9(22-8)13-5-1-2-6(16(20)21)11-10(5)14-23-15-11/h1-2,7-9,12-13,17-19H,3-4H2/t7-,8-,9-,12+/m1/s1. The third kappa shape index (κ3) is 2.82. The van der Waals surface area contributed by atoms with E-state index >= 15 is 0 Å². The summed E-state index contributed by atoms with van der Waals surface area (Å²) >= 11 is 0. The summed E-state index contributed by atoms with van der Waals surface area (Å²) in [5.41, 5.74) is 0.233. The summed E-state index contributed by atoms with van der Waals surface area (Å²) in [6.07, 6.45) is -3.89. The lowest BCUT2D eigenvalue weighted by Crippen LogP contribution is -2.51. The molecule has 4 N–H and O–H groups in total. The van der Waals surface area contributed by atoms with Crippen molar-refractivity contribution in [2.75, 3.05) is 11.9 Å². The van der Waals surface area contributed by atoms with Crippen LogP contribution in [-0.4, -0.2) is 61.7 Å². The van der Waals surface area contributed by atoms with Crippen molar-refractivity contribution < 1.29 is 29.6 Å². The van der Waals surface area contributed by atoms with Gasteiger partial charge in [-0.05, 0) is 16.4 Å². The number of ether oxygens (including phenoxy) is 1. The van der Waals surface area contributed by atoms with E-state index in [-0.39, 0.29) is 23.1 Å². The molecule has 0 aliphatic carbocycles. The molecule has 11 heteroatoms. The van der Waals surface area contributed by atoms with Gasteiger partial charge in [0.05, 0.1) is 23.3 Å². The molecule has 1 aromatic heterocycles. The zero-order valence-electron chi connectivity index (χ0n) is 11.7. The number of anilines is 1. The largest absolute Gasteiger partial charge is 0.394 e. The van der Waals surface area contributed by atoms with Gasteiger partial charge in [-0.3, -0.25) is 10.1 Å². The van der Waals surface area contributed by atoms with Crippen LogP contribution in [0.15, 0.2) is 16.8 Å². The molecule has 1 aromatic carbocycles. The highest BCUT2D eigenvalue weighted by molar-refractivity contribution is 5.93. The highest BCUT2D eigenvalue weighted by atomic mass is 16.6. The molecular weight excluding hydrogens is 312 g/mol. The van der Waals surface area contributed by atoms with E-state index in [9.17, 15) is 20.3 Å². The van der Waals surface area contributed by atoms with Gasteiger partial charge in [0.15, 0.2) is 5.52 Å². The number of benzene rings is 1. The Morgan fingerprint density at radius 1 is 1.35 bits per heavy atom. The molecule has 2 heterocycles. The maximum atomic E-state index is 10.9. The van der Waals surface area contributed by atoms with Crippen LogP contribution in [0.4, 0.5) is 11.4 Å². The first-order valence-electron chi connectivity index (χ1n) is 6.80. The van der Waals surface area contributed by atoms with E-state index < -0.39 is 36.1 Å². The number of hydrogen-bond donors (Lipinski definition) is 4. The van der Waals surface area contributed by atoms with Gasteiger partial charge in [-0.2, -0.15) is 0 Å². The number of aromatic nitrogens is 2. The molecule has 1 aliphatic heterocycles. The Bertz CT molecular complexity index is 720. The summed E-state index contributed by atoms with van der Waals surface area (Å²) in [6.45, 7) is -0.461. The van der Waals surface area contributed by atoms with Crippen LogP contribution in [0.3, 0.4) is 0 Å². The molecule has 0 amide bonds. The Balaban J connectivity index is 1.86. The molecule has 23 heavy (non-hydrogen) atoms. The Kier molecular flexibility index (Phi) is 4.09. The van der Waals surface area contributed by atoms with Gasteiger partial charge in [-0.1, -0.05) is 0 Å². The van der Waals surface area contributed by atoms with Crippen LogP contribution in [-0.2, 0) is 4.74 Å². The Hall–Kier alpha value is -2.34. The zero-order valence-corrected chi connectivity index (χ0v) is 11.7. The lowest BCUT2D eigenvalue weighted by molar-refractivity contribution is -0.383. The van der Waals surface area contributed by atoms with Crippen molar-refractivity contribution >= 4 is 22.4 Å². The van der Waals surface area contributed by atoms with Crippen molar-refractivity contribution in [3.63, 3.8) is 0 Å². The van der Waals surface area contributed by atoms with Crippen molar-refractivity contribution in [1.82, 2.24) is 10.3 Å². The molecule has 0 spiro atoms. The molecule has 0 unspecified atom stereocenters. The molecule has 124 valence electrons. The van der Waals surface area contributed by atoms with Gasteiger partial charge in [-0.15, -0.1) is 0 Å². The topological polar surface area (TPSA) is 164 Å². The number of aliphatic hydroxyl groups is 3. The minimum Gasteiger partial charge on any atom is -0.394 e. The zero-order chi connectivity index (χ0) is 16.6. The maximum Gasteiger partial charge on any atom is 0.300 e. The van der Waals surface area contributed by atoms with Crippen molar-refractivity contribution in [3.8, 4) is 0 Å². The molecule has 1 saturated heterocycles. The van der Waals surface area contributed by atoms with Gasteiger partial charge in [0, 0.05) is 12.5 Å². The van der Waals surface area contributed by atoms with E-state index in [0.717, 1.165) is 0 Å². The highest BCUT2D eigenvalue weighted by Gasteiger charge is 2.36. The molecule has 0 bridgehead atoms. The minimum absolute atomic E-state index is 0.0184. The number of nitro groups is 1. The number of nitro benzene ring substituents is 1. The summed E-state index contributed by atoms with van der Waals surface area (Å²) in [5, 5.41) is 49.6. The lowest BCUT2D eigenvalue weighted by atomic mass is 10.0. The minimum atomic E-state index is -1.19. The van der Waals surface area contributed by atoms with Crippen LogP contribution in [0.2, 0.25) is 0 Å². The molecule has 11 nitrogen and oxygen atoms in total. The number of aliphatic hydroxyl groups excluding tert-OH is 3. The fourth-order valence-corrected chi connectivity index (χ4v) is 2.49. The molecule has 0 radical (unpaired) electrons. The third-order valence-corrected chi connectivity index (χ3v) is 3.66. The van der Waals surface area contributed by atoms with Gasteiger partial charge >= 0.3 is 5.69 Å². The third-order valence-electron chi connectivity index (χ3n) is 3.66. The number of nitrogens with one attached hydrogen (secondary N) is 1. The van der Waals surface area contributed by atoms with E-state index in [1.165, 1.54) is 12.1 Å². The monoisotopic (exact) mass is 326 g/mol. The molecule has 1 fully saturated rings. The molecule has 3 rings (SSSR count). The fourth-order valence-electron chi connectivity index (χ4n) is 2.49. The Labute approximate surface area is 128 Å². The summed E-state index contributed by atoms with van der Waals surface area (Å²) in [7, 11) is 0. The number of rotatable bonds is 4. The van der Waals surface area contributed by atoms with Gasteiger partial charge in [0.25, 0.3) is 0 Å². The quantitative estimate of drug-likeness (QED) is 0.420. The van der Waals surface area contributed by atoms with Crippen molar-refractivity contribution in [2.45, 2.75) is 31.0 Å². The van der Waals surface area contributed by atoms with Gasteiger partial charge in [0.2, 0.25) is 5.52 Å². The second-order valence-electron chi connectivity index (χ2n) is 5.13. The van der Waals surface area contributed by atoms with Crippen LogP contribution < -0.4 is 5.32 Å². The average Bonchev–Trinajstić information content (AvgIpc) is 3.00. The number of fused-ring (bicyclic) bond motifs is 1. The Morgan fingerprint density at radius 3 is 2.78 bits per heavy atom. The van der Waals surface area contributed by atoms with E-state index in [4.69, 9.17) is 9.84 Å². The second kappa shape index (κ2) is 6.04. The van der Waals surface area contributed by atoms with E-state index in [1.54, 1.807) is 0 Å². The summed E-state index contributed by atoms with van der Waals surface area (Å²) in [5.74, 6) is 0. The summed E-state index contributed by atoms with van der Waals surface area (Å²) in [4.78, 5) is 10.3. The predicted molar refractivity (Wildman–Crippen MR) is 74.5 cm³/mol. The van der Waals surface area contributed by atoms with Gasteiger partial charge < -0.3 is 25.4 Å². The van der Waals surface area contributed by atoms with Crippen LogP contribution in [0.1, 0.15) is 6.42 Å². The van der Waals surface area contributed by atoms with Crippen molar-refractivity contribution in [1.29, 1.82) is 0 Å². The fraction of sp³-hybridized carbons (Fsp3) is 0.500. The SMILES string of the molecule is O=[N+]([O-])c1ccc(N[C@H]2C[C@@H](O)[C@H](O)[C@@H](CO)O2)c2nonc12. The smallest absolute Gasteiger partial charge is 0.300 e. The van der Waals surface area contributed by atoms with Crippen molar-refractivity contribution in [2.24, 2.45) is 0 Å². The molecule has 2 aromatic rings. The number of nitrogens with zero attached hydrogens (tertiary/aromatic N) is 3. The van der Waals surface area contributed by atoms with Crippen LogP contribution >= 0.6 is 0 Å². The average molecular weight is 326 g/mol. The first-order valence-corrected chi connectivity index (χ1v) is 6.80. The van der Waals surface area contributed by atoms with E-state index in [1.807, 2.05) is 0 Å². The normalized spacial score (nSPS) is 28.0. The molecule has 4 atom stereocenters. The van der Waals surface area contributed by atoms with E-state index in [2.05, 4.69) is 20.3 Å². The molecular formula is C12H14N4O7. The van der Waals surface area contributed by atoms with Crippen LogP contribution in [0.25, 0.3) is 11.0 Å². The summed E-state index contributed by atoms with van der Waals surface area (Å²) < 4.78 is 9.99. The van der Waals surface area contributed by atoms with Crippen LogP contribution in [0.5, 0.6) is 0 Å². The van der Waals surface area contributed by atoms with Gasteiger partial charge in [-0.25, -0.2) is 4.63 Å². The molecule has 1 aliphatic rings. The number of non-ortho nitro benzene ring substituents is 1. The van der Waals surface area contributed by atoms with Crippen molar-refractivity contribution in [3.05, 3.63) is 22.2 Å². The van der Waals surface area contributed by atoms with Crippen LogP contribution in [0, 0.1) is 10.1 Å². The lowest BCUT2D eigenvalue weighted by Gasteiger charge is -2.36. The predicted octanol–water partition coefficient (Wildman–Crippen LogP) is -0.628. The summed E-state index contributed by atoms with van der Waals surface area (Å²) in [6, 6.07) is 2.66. The van der Waals surface area contributed by atoms with Gasteiger partial charge in [0.1, 0.15) is 18.4 Å². The first kappa shape index (κ1) is 15.6. The number of hydrogen-bond acceptors (Lipinski definition) is 10.